The van der Waals surface area contributed by atoms with Crippen molar-refractivity contribution in [1.82, 2.24) is 10.3 Å². The Balaban J connectivity index is 2.10. The van der Waals surface area contributed by atoms with Crippen molar-refractivity contribution in [3.63, 3.8) is 0 Å². The molecule has 1 amide bonds. The second-order valence-corrected chi connectivity index (χ2v) is 4.57. The molecule has 1 aromatic heterocycles. The van der Waals surface area contributed by atoms with Crippen LogP contribution in [0, 0.1) is 0 Å². The largest absolute Gasteiger partial charge is 0.352 e. The molecule has 0 radical (unpaired) electrons. The molecule has 1 N–H and O–H groups in total. The average Bonchev–Trinajstić information content (AvgIpc) is 2.90. The monoisotopic (exact) mass is 246 g/mol. The normalized spacial score (nSPS) is 10.2. The van der Waals surface area contributed by atoms with Crippen LogP contribution >= 0.6 is 11.3 Å². The minimum absolute atomic E-state index is 0.0162. The third-order valence-corrected chi connectivity index (χ3v) is 3.18. The van der Waals surface area contributed by atoms with E-state index in [1.165, 1.54) is 0 Å². The van der Waals surface area contributed by atoms with Crippen molar-refractivity contribution in [1.29, 1.82) is 0 Å². The number of hydrogen-bond acceptors (Lipinski definition) is 3. The maximum atomic E-state index is 11.7. The van der Waals surface area contributed by atoms with Crippen LogP contribution in [-0.4, -0.2) is 17.4 Å². The van der Waals surface area contributed by atoms with Gasteiger partial charge in [-0.25, -0.2) is 4.98 Å². The number of hydrogen-bond donors (Lipinski definition) is 1. The molecule has 0 aliphatic heterocycles. The quantitative estimate of drug-likeness (QED) is 0.901. The smallest absolute Gasteiger partial charge is 0.251 e. The standard InChI is InChI=1S/C13H14N2OS/c1-2-7-14-12(16)10-3-5-11(6-4-10)13-15-8-9-17-13/h3-6,8-9H,2,7H2,1H3,(H,14,16). The van der Waals surface area contributed by atoms with Crippen molar-refractivity contribution >= 4 is 17.2 Å². The van der Waals surface area contributed by atoms with Gasteiger partial charge in [0.25, 0.3) is 5.91 Å². The van der Waals surface area contributed by atoms with E-state index in [0.717, 1.165) is 17.0 Å². The van der Waals surface area contributed by atoms with Crippen LogP contribution in [-0.2, 0) is 0 Å². The minimum Gasteiger partial charge on any atom is -0.352 e. The first-order valence-corrected chi connectivity index (χ1v) is 6.47. The molecule has 0 aliphatic carbocycles. The zero-order valence-electron chi connectivity index (χ0n) is 9.64. The van der Waals surface area contributed by atoms with E-state index in [9.17, 15) is 4.79 Å². The van der Waals surface area contributed by atoms with Crippen LogP contribution in [0.15, 0.2) is 35.8 Å². The number of nitrogens with one attached hydrogen (secondary N) is 1. The number of rotatable bonds is 4. The summed E-state index contributed by atoms with van der Waals surface area (Å²) in [7, 11) is 0. The zero-order valence-corrected chi connectivity index (χ0v) is 10.5. The Hall–Kier alpha value is -1.68. The highest BCUT2D eigenvalue weighted by atomic mass is 32.1. The van der Waals surface area contributed by atoms with Crippen LogP contribution in [0.4, 0.5) is 0 Å². The Morgan fingerprint density at radius 3 is 2.71 bits per heavy atom. The Morgan fingerprint density at radius 1 is 1.35 bits per heavy atom. The number of carbonyl (C=O) groups excluding carboxylic acids is 1. The Morgan fingerprint density at radius 2 is 2.12 bits per heavy atom. The first kappa shape index (κ1) is 11.8. The van der Waals surface area contributed by atoms with E-state index in [4.69, 9.17) is 0 Å². The highest BCUT2D eigenvalue weighted by Crippen LogP contribution is 2.21. The van der Waals surface area contributed by atoms with Crippen LogP contribution < -0.4 is 5.32 Å². The van der Waals surface area contributed by atoms with Gasteiger partial charge < -0.3 is 5.32 Å². The summed E-state index contributed by atoms with van der Waals surface area (Å²) in [5.41, 5.74) is 1.74. The Kier molecular flexibility index (Phi) is 3.88. The van der Waals surface area contributed by atoms with E-state index in [2.05, 4.69) is 10.3 Å². The van der Waals surface area contributed by atoms with Crippen molar-refractivity contribution in [3.8, 4) is 10.6 Å². The van der Waals surface area contributed by atoms with E-state index >= 15 is 0 Å². The molecular weight excluding hydrogens is 232 g/mol. The van der Waals surface area contributed by atoms with Gasteiger partial charge in [-0.2, -0.15) is 0 Å². The molecule has 0 atom stereocenters. The lowest BCUT2D eigenvalue weighted by atomic mass is 10.1. The van der Waals surface area contributed by atoms with Gasteiger partial charge in [-0.05, 0) is 18.6 Å². The van der Waals surface area contributed by atoms with Crippen molar-refractivity contribution < 1.29 is 4.79 Å². The summed E-state index contributed by atoms with van der Waals surface area (Å²) in [4.78, 5) is 15.9. The maximum absolute atomic E-state index is 11.7. The molecule has 0 spiro atoms. The molecule has 2 aromatic rings. The summed E-state index contributed by atoms with van der Waals surface area (Å²) in [6, 6.07) is 7.53. The lowest BCUT2D eigenvalue weighted by molar-refractivity contribution is 0.0953. The van der Waals surface area contributed by atoms with Gasteiger partial charge in [-0.15, -0.1) is 11.3 Å². The molecule has 0 saturated heterocycles. The summed E-state index contributed by atoms with van der Waals surface area (Å²) in [5, 5.41) is 5.77. The number of carbonyl (C=O) groups is 1. The first-order chi connectivity index (χ1) is 8.31. The lowest BCUT2D eigenvalue weighted by Crippen LogP contribution is -2.23. The lowest BCUT2D eigenvalue weighted by Gasteiger charge is -2.03. The molecule has 0 saturated carbocycles. The molecule has 88 valence electrons. The maximum Gasteiger partial charge on any atom is 0.251 e. The van der Waals surface area contributed by atoms with Crippen LogP contribution in [0.25, 0.3) is 10.6 Å². The van der Waals surface area contributed by atoms with Crippen LogP contribution in [0.2, 0.25) is 0 Å². The van der Waals surface area contributed by atoms with Crippen LogP contribution in [0.1, 0.15) is 23.7 Å². The van der Waals surface area contributed by atoms with E-state index < -0.39 is 0 Å². The highest BCUT2D eigenvalue weighted by Gasteiger charge is 2.05. The molecule has 3 nitrogen and oxygen atoms in total. The molecule has 1 aromatic carbocycles. The second-order valence-electron chi connectivity index (χ2n) is 3.67. The highest BCUT2D eigenvalue weighted by molar-refractivity contribution is 7.13. The summed E-state index contributed by atoms with van der Waals surface area (Å²) in [6.07, 6.45) is 2.73. The molecule has 0 bridgehead atoms. The second kappa shape index (κ2) is 5.59. The summed E-state index contributed by atoms with van der Waals surface area (Å²) in [6.45, 7) is 2.75. The van der Waals surface area contributed by atoms with Crippen molar-refractivity contribution in [3.05, 3.63) is 41.4 Å². The average molecular weight is 246 g/mol. The number of benzene rings is 1. The summed E-state index contributed by atoms with van der Waals surface area (Å²) >= 11 is 1.59. The number of thiazole rings is 1. The third-order valence-electron chi connectivity index (χ3n) is 2.36. The fraction of sp³-hybridized carbons (Fsp3) is 0.231. The van der Waals surface area contributed by atoms with E-state index in [0.29, 0.717) is 12.1 Å². The molecule has 0 fully saturated rings. The number of nitrogens with zero attached hydrogens (tertiary/aromatic N) is 1. The third kappa shape index (κ3) is 2.91. The van der Waals surface area contributed by atoms with Gasteiger partial charge in [0.1, 0.15) is 5.01 Å². The molecule has 2 rings (SSSR count). The predicted octanol–water partition coefficient (Wildman–Crippen LogP) is 2.95. The van der Waals surface area contributed by atoms with Gasteiger partial charge in [0.05, 0.1) is 0 Å². The topological polar surface area (TPSA) is 42.0 Å². The van der Waals surface area contributed by atoms with E-state index in [-0.39, 0.29) is 5.91 Å². The van der Waals surface area contributed by atoms with Gasteiger partial charge in [-0.3, -0.25) is 4.79 Å². The van der Waals surface area contributed by atoms with Crippen molar-refractivity contribution in [2.45, 2.75) is 13.3 Å². The first-order valence-electron chi connectivity index (χ1n) is 5.59. The van der Waals surface area contributed by atoms with Crippen molar-refractivity contribution in [2.24, 2.45) is 0 Å². The van der Waals surface area contributed by atoms with Gasteiger partial charge >= 0.3 is 0 Å². The molecular formula is C13H14N2OS. The molecule has 0 aliphatic rings. The SMILES string of the molecule is CCCNC(=O)c1ccc(-c2nccs2)cc1. The van der Waals surface area contributed by atoms with Gasteiger partial charge in [-0.1, -0.05) is 19.1 Å². The number of amides is 1. The van der Waals surface area contributed by atoms with Crippen LogP contribution in [0.5, 0.6) is 0 Å². The fourth-order valence-corrected chi connectivity index (χ4v) is 2.12. The van der Waals surface area contributed by atoms with Crippen molar-refractivity contribution in [2.75, 3.05) is 6.54 Å². The fourth-order valence-electron chi connectivity index (χ4n) is 1.47. The van der Waals surface area contributed by atoms with E-state index in [1.54, 1.807) is 17.5 Å². The predicted molar refractivity (Wildman–Crippen MR) is 70.2 cm³/mol. The Bertz CT molecular complexity index is 477. The molecule has 4 heteroatoms. The zero-order chi connectivity index (χ0) is 12.1. The number of aromatic nitrogens is 1. The summed E-state index contributed by atoms with van der Waals surface area (Å²) in [5.74, 6) is -0.0162. The van der Waals surface area contributed by atoms with Gasteiger partial charge in [0, 0.05) is 29.2 Å². The molecule has 17 heavy (non-hydrogen) atoms. The van der Waals surface area contributed by atoms with Crippen LogP contribution in [0.3, 0.4) is 0 Å². The minimum atomic E-state index is -0.0162. The van der Waals surface area contributed by atoms with Gasteiger partial charge in [0.2, 0.25) is 0 Å². The molecule has 0 unspecified atom stereocenters. The van der Waals surface area contributed by atoms with E-state index in [1.807, 2.05) is 36.6 Å². The Labute approximate surface area is 105 Å². The van der Waals surface area contributed by atoms with Gasteiger partial charge in [0.15, 0.2) is 0 Å². The summed E-state index contributed by atoms with van der Waals surface area (Å²) < 4.78 is 0. The molecule has 1 heterocycles.